The van der Waals surface area contributed by atoms with Crippen LogP contribution in [0, 0.1) is 12.7 Å². The van der Waals surface area contributed by atoms with Gasteiger partial charge in [0.2, 0.25) is 11.4 Å². The normalized spacial score (nSPS) is 15.7. The third-order valence-electron chi connectivity index (χ3n) is 4.27. The fraction of sp³-hybridized carbons (Fsp3) is 0.211. The summed E-state index contributed by atoms with van der Waals surface area (Å²) in [4.78, 5) is 11.9. The summed E-state index contributed by atoms with van der Waals surface area (Å²) in [6.07, 6.45) is -0.574. The lowest BCUT2D eigenvalue weighted by atomic mass is 10.1. The smallest absolute Gasteiger partial charge is 0.294 e. The quantitative estimate of drug-likeness (QED) is 0.532. The van der Waals surface area contributed by atoms with E-state index >= 15 is 0 Å². The number of nitrogens with two attached hydrogens (primary N) is 1. The molecule has 0 bridgehead atoms. The Bertz CT molecular complexity index is 1070. The van der Waals surface area contributed by atoms with Crippen LogP contribution in [0.5, 0.6) is 5.75 Å². The van der Waals surface area contributed by atoms with Crippen LogP contribution in [0.3, 0.4) is 0 Å². The van der Waals surface area contributed by atoms with E-state index in [1.807, 2.05) is 30.3 Å². The molecule has 0 spiro atoms. The van der Waals surface area contributed by atoms with Crippen LogP contribution in [0.25, 0.3) is 0 Å². The number of aryl methyl sites for hydroxylation is 1. The molecule has 4 rings (SSSR count). The summed E-state index contributed by atoms with van der Waals surface area (Å²) < 4.78 is 26.8. The Morgan fingerprint density at radius 1 is 1.29 bits per heavy atom. The Labute approximate surface area is 164 Å². The molecule has 7 nitrogen and oxygen atoms in total. The minimum atomic E-state index is -0.574. The number of aromatic nitrogens is 3. The first-order valence-electron chi connectivity index (χ1n) is 8.51. The van der Waals surface area contributed by atoms with Crippen LogP contribution < -0.4 is 16.1 Å². The van der Waals surface area contributed by atoms with Crippen LogP contribution in [0.4, 0.5) is 4.39 Å². The summed E-state index contributed by atoms with van der Waals surface area (Å²) in [7, 11) is 0. The second kappa shape index (κ2) is 7.61. The number of halogens is 1. The molecule has 2 heterocycles. The van der Waals surface area contributed by atoms with Crippen molar-refractivity contribution in [2.75, 3.05) is 5.84 Å². The van der Waals surface area contributed by atoms with Crippen molar-refractivity contribution < 1.29 is 13.9 Å². The van der Waals surface area contributed by atoms with Crippen LogP contribution >= 0.6 is 11.8 Å². The molecule has 3 aromatic rings. The van der Waals surface area contributed by atoms with Crippen molar-refractivity contribution in [2.24, 2.45) is 0 Å². The molecule has 0 saturated heterocycles. The maximum atomic E-state index is 14.1. The maximum absolute atomic E-state index is 14.1. The standard InChI is InChI=1S/C19H17FN4O3S/c1-11-17(25)24(21)19(23-22-11)28-10-14-8-15(20)7-13-9-26-18(27-16(13)14)12-5-3-2-4-6-12/h2-8,18H,9-10,21H2,1H3. The Morgan fingerprint density at radius 2 is 2.07 bits per heavy atom. The van der Waals surface area contributed by atoms with Gasteiger partial charge in [0.05, 0.1) is 6.61 Å². The first-order valence-corrected chi connectivity index (χ1v) is 9.50. The first-order chi connectivity index (χ1) is 13.5. The fourth-order valence-corrected chi connectivity index (χ4v) is 3.69. The van der Waals surface area contributed by atoms with Gasteiger partial charge in [0.1, 0.15) is 17.3 Å². The molecule has 0 amide bonds. The SMILES string of the molecule is Cc1nnc(SCc2cc(F)cc3c2OC(c2ccccc2)OC3)n(N)c1=O. The Kier molecular flexibility index (Phi) is 5.01. The van der Waals surface area contributed by atoms with Crippen molar-refractivity contribution in [3.8, 4) is 5.75 Å². The molecule has 0 aliphatic carbocycles. The van der Waals surface area contributed by atoms with E-state index in [2.05, 4.69) is 10.2 Å². The average Bonchev–Trinajstić information content (AvgIpc) is 2.71. The first kappa shape index (κ1) is 18.5. The van der Waals surface area contributed by atoms with Crippen molar-refractivity contribution in [3.05, 3.63) is 81.0 Å². The molecule has 9 heteroatoms. The summed E-state index contributed by atoms with van der Waals surface area (Å²) in [6.45, 7) is 1.77. The van der Waals surface area contributed by atoms with Crippen molar-refractivity contribution in [2.45, 2.75) is 30.7 Å². The van der Waals surface area contributed by atoms with Gasteiger partial charge in [0.15, 0.2) is 0 Å². The number of hydrogen-bond donors (Lipinski definition) is 1. The van der Waals surface area contributed by atoms with Crippen molar-refractivity contribution in [1.29, 1.82) is 0 Å². The Morgan fingerprint density at radius 3 is 2.86 bits per heavy atom. The van der Waals surface area contributed by atoms with Gasteiger partial charge in [-0.2, -0.15) is 4.68 Å². The zero-order chi connectivity index (χ0) is 19.7. The zero-order valence-corrected chi connectivity index (χ0v) is 15.8. The highest BCUT2D eigenvalue weighted by Gasteiger charge is 2.25. The number of nitrogens with zero attached hydrogens (tertiary/aromatic N) is 3. The average molecular weight is 400 g/mol. The van der Waals surface area contributed by atoms with Crippen molar-refractivity contribution in [3.63, 3.8) is 0 Å². The van der Waals surface area contributed by atoms with Gasteiger partial charge in [-0.15, -0.1) is 10.2 Å². The fourth-order valence-electron chi connectivity index (χ4n) is 2.87. The van der Waals surface area contributed by atoms with Gasteiger partial charge in [-0.25, -0.2) is 4.39 Å². The van der Waals surface area contributed by atoms with Crippen LogP contribution in [-0.2, 0) is 17.1 Å². The topological polar surface area (TPSA) is 92.3 Å². The highest BCUT2D eigenvalue weighted by molar-refractivity contribution is 7.98. The molecule has 2 aromatic carbocycles. The predicted octanol–water partition coefficient (Wildman–Crippen LogP) is 2.70. The highest BCUT2D eigenvalue weighted by atomic mass is 32.2. The molecule has 0 fully saturated rings. The van der Waals surface area contributed by atoms with Crippen LogP contribution in [0.15, 0.2) is 52.4 Å². The zero-order valence-electron chi connectivity index (χ0n) is 15.0. The molecular formula is C19H17FN4O3S. The highest BCUT2D eigenvalue weighted by Crippen LogP contribution is 2.38. The molecule has 1 unspecified atom stereocenters. The summed E-state index contributed by atoms with van der Waals surface area (Å²) in [5, 5.41) is 7.98. The molecule has 0 radical (unpaired) electrons. The third-order valence-corrected chi connectivity index (χ3v) is 5.26. The molecule has 2 N–H and O–H groups in total. The lowest BCUT2D eigenvalue weighted by molar-refractivity contribution is -0.112. The van der Waals surface area contributed by atoms with Gasteiger partial charge in [-0.3, -0.25) is 4.79 Å². The van der Waals surface area contributed by atoms with Crippen molar-refractivity contribution in [1.82, 2.24) is 14.9 Å². The molecule has 144 valence electrons. The lowest BCUT2D eigenvalue weighted by Gasteiger charge is -2.28. The predicted molar refractivity (Wildman–Crippen MR) is 102 cm³/mol. The third kappa shape index (κ3) is 3.58. The van der Waals surface area contributed by atoms with Gasteiger partial charge in [0, 0.05) is 22.4 Å². The Hall–Kier alpha value is -2.91. The molecule has 28 heavy (non-hydrogen) atoms. The van der Waals surface area contributed by atoms with E-state index in [0.29, 0.717) is 22.6 Å². The van der Waals surface area contributed by atoms with Gasteiger partial charge in [-0.05, 0) is 19.1 Å². The van der Waals surface area contributed by atoms with Crippen molar-refractivity contribution >= 4 is 11.8 Å². The summed E-state index contributed by atoms with van der Waals surface area (Å²) >= 11 is 1.18. The largest absolute Gasteiger partial charge is 0.460 e. The number of ether oxygens (including phenoxy) is 2. The van der Waals surface area contributed by atoms with Gasteiger partial charge in [0.25, 0.3) is 5.56 Å². The molecule has 1 aliphatic heterocycles. The lowest BCUT2D eigenvalue weighted by Crippen LogP contribution is -2.32. The van der Waals surface area contributed by atoms with Crippen LogP contribution in [0.2, 0.25) is 0 Å². The van der Waals surface area contributed by atoms with E-state index < -0.39 is 11.8 Å². The van der Waals surface area contributed by atoms with Crippen LogP contribution in [0.1, 0.15) is 28.7 Å². The van der Waals surface area contributed by atoms with E-state index in [-0.39, 0.29) is 23.3 Å². The number of nitrogen functional groups attached to an aromatic ring is 1. The van der Waals surface area contributed by atoms with E-state index in [9.17, 15) is 9.18 Å². The van der Waals surface area contributed by atoms with E-state index in [4.69, 9.17) is 15.3 Å². The van der Waals surface area contributed by atoms with Gasteiger partial charge >= 0.3 is 0 Å². The molecule has 0 saturated carbocycles. The number of benzene rings is 2. The summed E-state index contributed by atoms with van der Waals surface area (Å²) in [6, 6.07) is 12.3. The second-order valence-corrected chi connectivity index (χ2v) is 7.20. The number of thioether (sulfide) groups is 1. The number of hydrogen-bond acceptors (Lipinski definition) is 7. The minimum Gasteiger partial charge on any atom is -0.460 e. The number of fused-ring (bicyclic) bond motifs is 1. The van der Waals surface area contributed by atoms with E-state index in [1.54, 1.807) is 0 Å². The number of rotatable bonds is 4. The van der Waals surface area contributed by atoms with E-state index in [0.717, 1.165) is 10.2 Å². The van der Waals surface area contributed by atoms with Gasteiger partial charge < -0.3 is 15.3 Å². The van der Waals surface area contributed by atoms with Gasteiger partial charge in [-0.1, -0.05) is 42.1 Å². The summed E-state index contributed by atoms with van der Waals surface area (Å²) in [5.74, 6) is 6.25. The molecule has 1 aromatic heterocycles. The molecular weight excluding hydrogens is 383 g/mol. The maximum Gasteiger partial charge on any atom is 0.294 e. The molecule has 1 atom stereocenters. The Balaban J connectivity index is 1.61. The van der Waals surface area contributed by atoms with E-state index in [1.165, 1.54) is 30.8 Å². The van der Waals surface area contributed by atoms with Crippen LogP contribution in [-0.4, -0.2) is 14.9 Å². The summed E-state index contributed by atoms with van der Waals surface area (Å²) in [5.41, 5.74) is 1.91. The minimum absolute atomic E-state index is 0.209. The second-order valence-electron chi connectivity index (χ2n) is 6.26. The molecule has 1 aliphatic rings. The monoisotopic (exact) mass is 400 g/mol.